The number of carbonyl (C=O) groups excluding carboxylic acids is 1. The van der Waals surface area contributed by atoms with Crippen LogP contribution in [0.4, 0.5) is 0 Å². The van der Waals surface area contributed by atoms with Gasteiger partial charge in [-0.25, -0.2) is 0 Å². The highest BCUT2D eigenvalue weighted by Crippen LogP contribution is 2.50. The average Bonchev–Trinajstić information content (AvgIpc) is 3.33. The van der Waals surface area contributed by atoms with E-state index in [1.54, 1.807) is 7.11 Å². The summed E-state index contributed by atoms with van der Waals surface area (Å²) in [5, 5.41) is 0. The fourth-order valence-corrected chi connectivity index (χ4v) is 4.13. The molecule has 1 aliphatic heterocycles. The van der Waals surface area contributed by atoms with Crippen molar-refractivity contribution in [3.63, 3.8) is 0 Å². The van der Waals surface area contributed by atoms with Crippen molar-refractivity contribution in [3.8, 4) is 11.5 Å². The summed E-state index contributed by atoms with van der Waals surface area (Å²) in [7, 11) is 1.66. The monoisotopic (exact) mass is 431 g/mol. The van der Waals surface area contributed by atoms with Gasteiger partial charge in [-0.3, -0.25) is 4.79 Å². The summed E-state index contributed by atoms with van der Waals surface area (Å²) in [6.45, 7) is 1.88. The number of methoxy groups -OCH3 is 1. The molecule has 1 aliphatic carbocycles. The molecule has 1 fully saturated rings. The van der Waals surface area contributed by atoms with Gasteiger partial charge in [0.2, 0.25) is 12.7 Å². The first-order valence-corrected chi connectivity index (χ1v) is 9.87. The molecule has 2 atom stereocenters. The fraction of sp³-hybridized carbons (Fsp3) is 0.381. The number of fused-ring (bicyclic) bond motifs is 1. The summed E-state index contributed by atoms with van der Waals surface area (Å²) in [6, 6.07) is 14.0. The Morgan fingerprint density at radius 2 is 2.04 bits per heavy atom. The molecular formula is C21H22BrNO4. The molecule has 0 spiro atoms. The predicted octanol–water partition coefficient (Wildman–Crippen LogP) is 3.96. The van der Waals surface area contributed by atoms with Gasteiger partial charge in [0.25, 0.3) is 0 Å². The zero-order chi connectivity index (χ0) is 18.8. The third-order valence-electron chi connectivity index (χ3n) is 5.10. The number of hydrogen-bond acceptors (Lipinski definition) is 4. The molecular weight excluding hydrogens is 410 g/mol. The van der Waals surface area contributed by atoms with Gasteiger partial charge in [0.15, 0.2) is 11.5 Å². The van der Waals surface area contributed by atoms with Crippen LogP contribution < -0.4 is 9.47 Å². The quantitative estimate of drug-likeness (QED) is 0.665. The van der Waals surface area contributed by atoms with E-state index in [0.29, 0.717) is 19.7 Å². The van der Waals surface area contributed by atoms with Gasteiger partial charge in [0.1, 0.15) is 0 Å². The highest BCUT2D eigenvalue weighted by Gasteiger charge is 2.46. The number of benzene rings is 2. The summed E-state index contributed by atoms with van der Waals surface area (Å²) in [4.78, 5) is 15.0. The molecule has 4 rings (SSSR count). The van der Waals surface area contributed by atoms with Gasteiger partial charge >= 0.3 is 0 Å². The Morgan fingerprint density at radius 1 is 1.22 bits per heavy atom. The van der Waals surface area contributed by atoms with Crippen LogP contribution in [0.25, 0.3) is 0 Å². The van der Waals surface area contributed by atoms with Gasteiger partial charge in [0.05, 0.1) is 6.61 Å². The Kier molecular flexibility index (Phi) is 5.36. The summed E-state index contributed by atoms with van der Waals surface area (Å²) >= 11 is 3.60. The van der Waals surface area contributed by atoms with Crippen LogP contribution in [0.5, 0.6) is 11.5 Å². The van der Waals surface area contributed by atoms with E-state index in [4.69, 9.17) is 14.2 Å². The lowest BCUT2D eigenvalue weighted by Gasteiger charge is -2.23. The Morgan fingerprint density at radius 3 is 2.85 bits per heavy atom. The van der Waals surface area contributed by atoms with E-state index in [9.17, 15) is 4.79 Å². The Bertz CT molecular complexity index is 841. The first kappa shape index (κ1) is 18.3. The zero-order valence-electron chi connectivity index (χ0n) is 15.2. The highest BCUT2D eigenvalue weighted by molar-refractivity contribution is 9.10. The lowest BCUT2D eigenvalue weighted by atomic mass is 10.1. The van der Waals surface area contributed by atoms with Crippen molar-refractivity contribution in [2.75, 3.05) is 27.1 Å². The molecule has 142 valence electrons. The van der Waals surface area contributed by atoms with Crippen molar-refractivity contribution < 1.29 is 19.0 Å². The summed E-state index contributed by atoms with van der Waals surface area (Å²) in [5.41, 5.74) is 2.24. The molecule has 2 unspecified atom stereocenters. The molecule has 0 bridgehead atoms. The smallest absolute Gasteiger partial charge is 0.231 e. The fourth-order valence-electron chi connectivity index (χ4n) is 3.55. The van der Waals surface area contributed by atoms with Gasteiger partial charge in [-0.2, -0.15) is 0 Å². The number of carbonyl (C=O) groups is 1. The van der Waals surface area contributed by atoms with E-state index in [2.05, 4.69) is 22.0 Å². The molecule has 2 aromatic rings. The zero-order valence-corrected chi connectivity index (χ0v) is 16.8. The first-order chi connectivity index (χ1) is 13.2. The molecule has 0 radical (unpaired) electrons. The Hall–Kier alpha value is -2.05. The molecule has 1 amide bonds. The summed E-state index contributed by atoms with van der Waals surface area (Å²) in [6.07, 6.45) is 0.895. The van der Waals surface area contributed by atoms with Crippen LogP contribution in [0, 0.1) is 5.92 Å². The van der Waals surface area contributed by atoms with Gasteiger partial charge < -0.3 is 19.1 Å². The van der Waals surface area contributed by atoms with Gasteiger partial charge in [-0.05, 0) is 41.7 Å². The van der Waals surface area contributed by atoms with Gasteiger partial charge in [0, 0.05) is 30.6 Å². The number of rotatable bonds is 7. The Balaban J connectivity index is 1.47. The minimum absolute atomic E-state index is 0.0366. The number of ether oxygens (including phenoxy) is 3. The molecule has 2 aliphatic rings. The maximum Gasteiger partial charge on any atom is 0.231 e. The maximum atomic E-state index is 13.1. The van der Waals surface area contributed by atoms with Crippen LogP contribution in [0.3, 0.4) is 0 Å². The van der Waals surface area contributed by atoms with Gasteiger partial charge in [-0.1, -0.05) is 40.2 Å². The molecule has 0 aromatic heterocycles. The molecule has 27 heavy (non-hydrogen) atoms. The molecule has 1 heterocycles. The van der Waals surface area contributed by atoms with Crippen LogP contribution >= 0.6 is 15.9 Å². The molecule has 5 nitrogen and oxygen atoms in total. The van der Waals surface area contributed by atoms with Crippen LogP contribution in [-0.4, -0.2) is 37.9 Å². The lowest BCUT2D eigenvalue weighted by molar-refractivity contribution is -0.134. The van der Waals surface area contributed by atoms with Crippen molar-refractivity contribution in [1.82, 2.24) is 4.90 Å². The minimum atomic E-state index is 0.0366. The highest BCUT2D eigenvalue weighted by atomic mass is 79.9. The van der Waals surface area contributed by atoms with Crippen LogP contribution in [-0.2, 0) is 16.1 Å². The van der Waals surface area contributed by atoms with E-state index in [1.807, 2.05) is 41.3 Å². The lowest BCUT2D eigenvalue weighted by Crippen LogP contribution is -2.34. The second-order valence-corrected chi connectivity index (χ2v) is 7.76. The van der Waals surface area contributed by atoms with Crippen molar-refractivity contribution in [2.45, 2.75) is 18.9 Å². The molecule has 0 saturated heterocycles. The molecule has 6 heteroatoms. The SMILES string of the molecule is COCCN(Cc1ccc2c(c1)OCO2)C(=O)C1CC1c1ccccc1Br. The third kappa shape index (κ3) is 3.96. The van der Waals surface area contributed by atoms with Crippen LogP contribution in [0.2, 0.25) is 0 Å². The number of halogens is 1. The first-order valence-electron chi connectivity index (χ1n) is 9.08. The van der Waals surface area contributed by atoms with Crippen molar-refractivity contribution in [2.24, 2.45) is 5.92 Å². The topological polar surface area (TPSA) is 48.0 Å². The summed E-state index contributed by atoms with van der Waals surface area (Å²) in [5.74, 6) is 2.00. The van der Waals surface area contributed by atoms with E-state index < -0.39 is 0 Å². The average molecular weight is 432 g/mol. The number of nitrogens with zero attached hydrogens (tertiary/aromatic N) is 1. The van der Waals surface area contributed by atoms with Crippen LogP contribution in [0.15, 0.2) is 46.9 Å². The minimum Gasteiger partial charge on any atom is -0.454 e. The van der Waals surface area contributed by atoms with E-state index in [0.717, 1.165) is 28.0 Å². The third-order valence-corrected chi connectivity index (χ3v) is 5.82. The molecule has 2 aromatic carbocycles. The second kappa shape index (κ2) is 7.90. The van der Waals surface area contributed by atoms with Crippen molar-refractivity contribution in [3.05, 3.63) is 58.1 Å². The van der Waals surface area contributed by atoms with E-state index >= 15 is 0 Å². The molecule has 0 N–H and O–H groups in total. The largest absolute Gasteiger partial charge is 0.454 e. The van der Waals surface area contributed by atoms with Crippen molar-refractivity contribution in [1.29, 1.82) is 0 Å². The van der Waals surface area contributed by atoms with E-state index in [-0.39, 0.29) is 24.5 Å². The predicted molar refractivity (Wildman–Crippen MR) is 105 cm³/mol. The van der Waals surface area contributed by atoms with E-state index in [1.165, 1.54) is 5.56 Å². The summed E-state index contributed by atoms with van der Waals surface area (Å²) < 4.78 is 17.1. The van der Waals surface area contributed by atoms with Crippen LogP contribution in [0.1, 0.15) is 23.5 Å². The van der Waals surface area contributed by atoms with Crippen molar-refractivity contribution >= 4 is 21.8 Å². The standard InChI is InChI=1S/C21H22BrNO4/c1-25-9-8-23(12-14-6-7-19-20(10-14)27-13-26-19)21(24)17-11-16(17)15-4-2-3-5-18(15)22/h2-7,10,16-17H,8-9,11-13H2,1H3. The normalized spacial score (nSPS) is 19.8. The maximum absolute atomic E-state index is 13.1. The van der Waals surface area contributed by atoms with Gasteiger partial charge in [-0.15, -0.1) is 0 Å². The second-order valence-electron chi connectivity index (χ2n) is 6.91. The molecule has 1 saturated carbocycles. The number of hydrogen-bond donors (Lipinski definition) is 0. The number of amides is 1. The Labute approximate surface area is 167 Å².